The molecule has 1 fully saturated rings. The van der Waals surface area contributed by atoms with Crippen molar-refractivity contribution in [2.45, 2.75) is 36.5 Å². The van der Waals surface area contributed by atoms with Gasteiger partial charge in [0, 0.05) is 31.0 Å². The minimum atomic E-state index is -3.59. The van der Waals surface area contributed by atoms with E-state index in [2.05, 4.69) is 5.32 Å². The van der Waals surface area contributed by atoms with Gasteiger partial charge in [-0.3, -0.25) is 4.79 Å². The van der Waals surface area contributed by atoms with E-state index < -0.39 is 19.9 Å². The van der Waals surface area contributed by atoms with Crippen molar-refractivity contribution in [3.63, 3.8) is 0 Å². The van der Waals surface area contributed by atoms with Gasteiger partial charge in [-0.2, -0.15) is 4.31 Å². The van der Waals surface area contributed by atoms with Crippen LogP contribution in [-0.2, 0) is 24.7 Å². The molecule has 1 aliphatic rings. The van der Waals surface area contributed by atoms with E-state index in [1.54, 1.807) is 31.2 Å². The predicted octanol–water partition coefficient (Wildman–Crippen LogP) is 2.75. The molecule has 0 unspecified atom stereocenters. The number of sulfonamides is 1. The summed E-state index contributed by atoms with van der Waals surface area (Å²) in [6.45, 7) is 4.26. The van der Waals surface area contributed by atoms with Gasteiger partial charge < -0.3 is 5.32 Å². The second kappa shape index (κ2) is 8.49. The molecule has 0 spiro atoms. The first-order valence-electron chi connectivity index (χ1n) is 9.67. The van der Waals surface area contributed by atoms with Crippen LogP contribution >= 0.6 is 0 Å². The summed E-state index contributed by atoms with van der Waals surface area (Å²) in [5, 5.41) is 2.79. The van der Waals surface area contributed by atoms with Crippen molar-refractivity contribution in [3.8, 4) is 0 Å². The van der Waals surface area contributed by atoms with E-state index in [1.165, 1.54) is 16.4 Å². The van der Waals surface area contributed by atoms with Gasteiger partial charge in [0.15, 0.2) is 9.84 Å². The molecule has 0 radical (unpaired) electrons. The molecular weight excluding hydrogens is 424 g/mol. The molecular formula is C21H26N2O5S2. The van der Waals surface area contributed by atoms with E-state index in [-0.39, 0.29) is 29.8 Å². The van der Waals surface area contributed by atoms with Gasteiger partial charge in [-0.05, 0) is 62.6 Å². The summed E-state index contributed by atoms with van der Waals surface area (Å²) in [7, 11) is -6.88. The van der Waals surface area contributed by atoms with Crippen LogP contribution in [0.4, 0.5) is 5.69 Å². The largest absolute Gasteiger partial charge is 0.326 e. The highest BCUT2D eigenvalue weighted by molar-refractivity contribution is 7.90. The number of anilines is 1. The first kappa shape index (κ1) is 22.5. The highest BCUT2D eigenvalue weighted by Crippen LogP contribution is 2.27. The number of hydrogen-bond donors (Lipinski definition) is 1. The third-order valence-electron chi connectivity index (χ3n) is 5.32. The van der Waals surface area contributed by atoms with Gasteiger partial charge in [0.1, 0.15) is 0 Å². The molecule has 1 aliphatic heterocycles. The Kier molecular flexibility index (Phi) is 6.35. The van der Waals surface area contributed by atoms with Gasteiger partial charge in [-0.1, -0.05) is 17.7 Å². The fraction of sp³-hybridized carbons (Fsp3) is 0.381. The van der Waals surface area contributed by atoms with Crippen molar-refractivity contribution in [2.24, 2.45) is 5.92 Å². The lowest BCUT2D eigenvalue weighted by Crippen LogP contribution is -2.41. The molecule has 2 aromatic rings. The van der Waals surface area contributed by atoms with Gasteiger partial charge in [-0.15, -0.1) is 0 Å². The first-order valence-corrected chi connectivity index (χ1v) is 13.0. The lowest BCUT2D eigenvalue weighted by Gasteiger charge is -2.31. The molecule has 1 saturated heterocycles. The van der Waals surface area contributed by atoms with Crippen molar-refractivity contribution in [3.05, 3.63) is 53.6 Å². The van der Waals surface area contributed by atoms with E-state index in [9.17, 15) is 21.6 Å². The quantitative estimate of drug-likeness (QED) is 0.755. The Balaban J connectivity index is 1.63. The Labute approximate surface area is 178 Å². The van der Waals surface area contributed by atoms with Crippen LogP contribution in [0, 0.1) is 19.8 Å². The number of nitrogens with one attached hydrogen (secondary N) is 1. The predicted molar refractivity (Wildman–Crippen MR) is 116 cm³/mol. The number of carbonyl (C=O) groups is 1. The van der Waals surface area contributed by atoms with Crippen LogP contribution in [0.2, 0.25) is 0 Å². The maximum atomic E-state index is 13.0. The zero-order valence-electron chi connectivity index (χ0n) is 17.3. The maximum absolute atomic E-state index is 13.0. The molecule has 0 bridgehead atoms. The minimum Gasteiger partial charge on any atom is -0.326 e. The van der Waals surface area contributed by atoms with E-state index >= 15 is 0 Å². The summed E-state index contributed by atoms with van der Waals surface area (Å²) >= 11 is 0. The number of piperidine rings is 1. The summed E-state index contributed by atoms with van der Waals surface area (Å²) in [5.41, 5.74) is 2.23. The minimum absolute atomic E-state index is 0.186. The van der Waals surface area contributed by atoms with Crippen LogP contribution < -0.4 is 5.32 Å². The van der Waals surface area contributed by atoms with Gasteiger partial charge in [0.05, 0.1) is 9.79 Å². The molecule has 0 atom stereocenters. The van der Waals surface area contributed by atoms with Crippen LogP contribution in [-0.4, -0.2) is 46.4 Å². The topological polar surface area (TPSA) is 101 Å². The van der Waals surface area contributed by atoms with Crippen LogP contribution in [0.15, 0.2) is 52.3 Å². The number of amides is 1. The Morgan fingerprint density at radius 2 is 1.57 bits per heavy atom. The second-order valence-corrected chi connectivity index (χ2v) is 11.7. The van der Waals surface area contributed by atoms with Crippen molar-refractivity contribution in [1.29, 1.82) is 0 Å². The maximum Gasteiger partial charge on any atom is 0.243 e. The molecule has 162 valence electrons. The van der Waals surface area contributed by atoms with E-state index in [0.717, 1.165) is 11.8 Å². The number of aryl methyl sites for hydroxylation is 2. The standard InChI is InChI=1S/C21H26N2O5S2/c1-15-4-9-20(16(2)14-15)30(27,28)23-12-10-17(11-13-23)21(24)22-18-5-7-19(8-6-18)29(3,25)26/h4-9,14,17H,10-13H2,1-3H3,(H,22,24). The summed E-state index contributed by atoms with van der Waals surface area (Å²) in [6.07, 6.45) is 1.98. The SMILES string of the molecule is Cc1ccc(S(=O)(=O)N2CCC(C(=O)Nc3ccc(S(C)(=O)=O)cc3)CC2)c(C)c1. The number of rotatable bonds is 5. The lowest BCUT2D eigenvalue weighted by molar-refractivity contribution is -0.120. The fourth-order valence-corrected chi connectivity index (χ4v) is 5.92. The average Bonchev–Trinajstić information content (AvgIpc) is 2.67. The highest BCUT2D eigenvalue weighted by atomic mass is 32.2. The van der Waals surface area contributed by atoms with Crippen LogP contribution in [0.3, 0.4) is 0 Å². The molecule has 7 nitrogen and oxygen atoms in total. The Bertz CT molecular complexity index is 1150. The Morgan fingerprint density at radius 1 is 0.967 bits per heavy atom. The molecule has 0 aromatic heterocycles. The fourth-order valence-electron chi connectivity index (χ4n) is 3.62. The van der Waals surface area contributed by atoms with Crippen LogP contribution in [0.1, 0.15) is 24.0 Å². The van der Waals surface area contributed by atoms with Crippen LogP contribution in [0.5, 0.6) is 0 Å². The zero-order chi connectivity index (χ0) is 22.1. The summed E-state index contributed by atoms with van der Waals surface area (Å²) < 4.78 is 50.4. The van der Waals surface area contributed by atoms with Crippen molar-refractivity contribution in [2.75, 3.05) is 24.7 Å². The number of hydrogen-bond acceptors (Lipinski definition) is 5. The molecule has 1 amide bonds. The smallest absolute Gasteiger partial charge is 0.243 e. The summed E-state index contributed by atoms with van der Waals surface area (Å²) in [6, 6.07) is 11.3. The van der Waals surface area contributed by atoms with E-state index in [1.807, 2.05) is 13.0 Å². The monoisotopic (exact) mass is 450 g/mol. The van der Waals surface area contributed by atoms with Gasteiger partial charge in [-0.25, -0.2) is 16.8 Å². The number of sulfone groups is 1. The average molecular weight is 451 g/mol. The third kappa shape index (κ3) is 4.91. The molecule has 0 aliphatic carbocycles. The van der Waals surface area contributed by atoms with Gasteiger partial charge in [0.2, 0.25) is 15.9 Å². The number of benzene rings is 2. The molecule has 0 saturated carbocycles. The van der Waals surface area contributed by atoms with E-state index in [4.69, 9.17) is 0 Å². The Morgan fingerprint density at radius 3 is 2.10 bits per heavy atom. The normalized spacial score (nSPS) is 16.4. The summed E-state index contributed by atoms with van der Waals surface area (Å²) in [5.74, 6) is -0.490. The molecule has 2 aromatic carbocycles. The lowest BCUT2D eigenvalue weighted by atomic mass is 9.97. The molecule has 9 heteroatoms. The van der Waals surface area contributed by atoms with Crippen molar-refractivity contribution >= 4 is 31.5 Å². The van der Waals surface area contributed by atoms with Crippen LogP contribution in [0.25, 0.3) is 0 Å². The highest BCUT2D eigenvalue weighted by Gasteiger charge is 2.32. The molecule has 1 heterocycles. The first-order chi connectivity index (χ1) is 14.0. The van der Waals surface area contributed by atoms with Gasteiger partial charge in [0.25, 0.3) is 0 Å². The molecule has 3 rings (SSSR count). The second-order valence-electron chi connectivity index (χ2n) is 7.73. The summed E-state index contributed by atoms with van der Waals surface area (Å²) in [4.78, 5) is 13.1. The molecule has 1 N–H and O–H groups in total. The van der Waals surface area contributed by atoms with Crippen molar-refractivity contribution in [1.82, 2.24) is 4.31 Å². The zero-order valence-corrected chi connectivity index (χ0v) is 18.9. The van der Waals surface area contributed by atoms with Gasteiger partial charge >= 0.3 is 0 Å². The third-order valence-corrected chi connectivity index (χ3v) is 8.51. The van der Waals surface area contributed by atoms with E-state index in [0.29, 0.717) is 29.0 Å². The van der Waals surface area contributed by atoms with Crippen molar-refractivity contribution < 1.29 is 21.6 Å². The Hall–Kier alpha value is -2.23. The molecule has 30 heavy (non-hydrogen) atoms. The number of carbonyl (C=O) groups excluding carboxylic acids is 1. The number of nitrogens with zero attached hydrogens (tertiary/aromatic N) is 1.